The Bertz CT molecular complexity index is 800. The van der Waals surface area contributed by atoms with Crippen molar-refractivity contribution in [3.8, 4) is 0 Å². The number of primary amides is 1. The quantitative estimate of drug-likeness (QED) is 0.349. The van der Waals surface area contributed by atoms with Gasteiger partial charge in [-0.15, -0.1) is 0 Å². The average Bonchev–Trinajstić information content (AvgIpc) is 2.61. The molecular weight excluding hydrogens is 337 g/mol. The van der Waals surface area contributed by atoms with Crippen molar-refractivity contribution in [2.24, 2.45) is 11.5 Å². The molecule has 8 N–H and O–H groups in total. The molecule has 138 valence electrons. The molecule has 1 aliphatic heterocycles. The van der Waals surface area contributed by atoms with Gasteiger partial charge in [-0.3, -0.25) is 5.41 Å². The van der Waals surface area contributed by atoms with Crippen LogP contribution in [0.1, 0.15) is 12.0 Å². The van der Waals surface area contributed by atoms with Crippen molar-refractivity contribution >= 4 is 29.3 Å². The zero-order valence-corrected chi connectivity index (χ0v) is 14.4. The fourth-order valence-corrected chi connectivity index (χ4v) is 2.58. The van der Waals surface area contributed by atoms with Gasteiger partial charge < -0.3 is 32.4 Å². The molecule has 9 heteroatoms. The summed E-state index contributed by atoms with van der Waals surface area (Å²) in [6, 6.07) is 3.81. The lowest BCUT2D eigenvalue weighted by atomic mass is 10.0. The van der Waals surface area contributed by atoms with Crippen LogP contribution in [0.15, 0.2) is 35.7 Å². The van der Waals surface area contributed by atoms with E-state index in [-0.39, 0.29) is 18.1 Å². The number of carbonyl (C=O) groups excluding carboxylic acids is 1. The second-order valence-electron chi connectivity index (χ2n) is 5.74. The van der Waals surface area contributed by atoms with E-state index >= 15 is 0 Å². The molecule has 0 saturated carbocycles. The zero-order valence-electron chi connectivity index (χ0n) is 14.4. The lowest BCUT2D eigenvalue weighted by Crippen LogP contribution is -2.43. The summed E-state index contributed by atoms with van der Waals surface area (Å²) in [4.78, 5) is 12.7. The van der Waals surface area contributed by atoms with Crippen LogP contribution in [0.5, 0.6) is 0 Å². The van der Waals surface area contributed by atoms with Gasteiger partial charge in [0.2, 0.25) is 0 Å². The van der Waals surface area contributed by atoms with Gasteiger partial charge in [0, 0.05) is 49.3 Å². The van der Waals surface area contributed by atoms with Gasteiger partial charge in [0.1, 0.15) is 11.7 Å². The Balaban J connectivity index is 2.20. The van der Waals surface area contributed by atoms with Crippen LogP contribution in [0.2, 0.25) is 0 Å². The number of halogens is 1. The molecule has 0 fully saturated rings. The Morgan fingerprint density at radius 1 is 1.42 bits per heavy atom. The van der Waals surface area contributed by atoms with Crippen molar-refractivity contribution in [1.82, 2.24) is 10.2 Å². The maximum atomic E-state index is 14.4. The number of anilines is 1. The van der Waals surface area contributed by atoms with Gasteiger partial charge >= 0.3 is 6.03 Å². The Kier molecular flexibility index (Phi) is 5.94. The average molecular weight is 359 g/mol. The molecule has 2 rings (SSSR count). The first-order valence-electron chi connectivity index (χ1n) is 7.93. The lowest BCUT2D eigenvalue weighted by molar-refractivity contribution is 0.210. The van der Waals surface area contributed by atoms with Crippen molar-refractivity contribution in [1.29, 1.82) is 10.8 Å². The van der Waals surface area contributed by atoms with Crippen molar-refractivity contribution in [2.75, 3.05) is 25.5 Å². The van der Waals surface area contributed by atoms with Gasteiger partial charge in [-0.1, -0.05) is 6.07 Å². The highest BCUT2D eigenvalue weighted by Gasteiger charge is 2.23. The van der Waals surface area contributed by atoms with Gasteiger partial charge in [0.05, 0.1) is 12.2 Å². The lowest BCUT2D eigenvalue weighted by Gasteiger charge is -2.28. The number of hydrogen-bond acceptors (Lipinski definition) is 5. The van der Waals surface area contributed by atoms with Crippen LogP contribution in [0, 0.1) is 16.6 Å². The second kappa shape index (κ2) is 8.15. The topological polar surface area (TPSA) is 144 Å². The third kappa shape index (κ3) is 4.18. The minimum Gasteiger partial charge on any atom is -0.402 e. The fraction of sp³-hybridized carbons (Fsp3) is 0.235. The Morgan fingerprint density at radius 3 is 2.73 bits per heavy atom. The third-order valence-electron chi connectivity index (χ3n) is 4.02. The molecule has 2 amide bonds. The number of allylic oxidation sites excluding steroid dienone is 1. The van der Waals surface area contributed by atoms with E-state index < -0.39 is 11.8 Å². The first-order valence-corrected chi connectivity index (χ1v) is 7.93. The molecule has 1 heterocycles. The largest absolute Gasteiger partial charge is 0.402 e. The molecule has 1 aromatic rings. The number of rotatable bonds is 5. The summed E-state index contributed by atoms with van der Waals surface area (Å²) in [6.45, 7) is 0.501. The van der Waals surface area contributed by atoms with Gasteiger partial charge in [0.15, 0.2) is 0 Å². The number of nitrogens with two attached hydrogens (primary N) is 2. The highest BCUT2D eigenvalue weighted by atomic mass is 19.1. The van der Waals surface area contributed by atoms with Crippen LogP contribution < -0.4 is 22.1 Å². The van der Waals surface area contributed by atoms with Crippen LogP contribution in [0.4, 0.5) is 14.9 Å². The highest BCUT2D eigenvalue weighted by Crippen LogP contribution is 2.22. The summed E-state index contributed by atoms with van der Waals surface area (Å²) in [5.41, 5.74) is 13.2. The van der Waals surface area contributed by atoms with E-state index in [0.29, 0.717) is 35.4 Å². The molecule has 0 spiro atoms. The summed E-state index contributed by atoms with van der Waals surface area (Å²) < 4.78 is 14.4. The summed E-state index contributed by atoms with van der Waals surface area (Å²) >= 11 is 0. The zero-order chi connectivity index (χ0) is 19.3. The van der Waals surface area contributed by atoms with E-state index in [9.17, 15) is 9.18 Å². The molecule has 0 radical (unpaired) electrons. The molecule has 0 aromatic heterocycles. The SMILES string of the molecule is CN/C=C(\C=N)c1ccc(NC(=N)C2=C(N)CCN(C(N)=O)C2)c(F)c1. The van der Waals surface area contributed by atoms with E-state index in [0.717, 1.165) is 6.21 Å². The van der Waals surface area contributed by atoms with Crippen LogP contribution in [-0.2, 0) is 0 Å². The molecular formula is C17H22FN7O. The molecule has 1 aliphatic rings. The Hall–Kier alpha value is -3.36. The standard InChI is InChI=1S/C17H22FN7O/c1-23-8-11(7-19)10-2-3-15(13(18)6-10)24-16(21)12-9-25(17(22)26)5-4-14(12)20/h2-3,6-8,19,23H,4-5,9,20H2,1H3,(H2,21,24)(H2,22,26)/b11-8+,19-7?. The number of amidine groups is 1. The van der Waals surface area contributed by atoms with E-state index in [2.05, 4.69) is 10.6 Å². The minimum atomic E-state index is -0.589. The summed E-state index contributed by atoms with van der Waals surface area (Å²) in [5.74, 6) is -0.656. The van der Waals surface area contributed by atoms with Crippen LogP contribution >= 0.6 is 0 Å². The monoisotopic (exact) mass is 359 g/mol. The van der Waals surface area contributed by atoms with Gasteiger partial charge in [-0.2, -0.15) is 0 Å². The van der Waals surface area contributed by atoms with E-state index in [1.807, 2.05) is 0 Å². The number of urea groups is 1. The molecule has 26 heavy (non-hydrogen) atoms. The Morgan fingerprint density at radius 2 is 2.15 bits per heavy atom. The number of hydrogen-bond donors (Lipinski definition) is 6. The maximum absolute atomic E-state index is 14.4. The molecule has 0 aliphatic carbocycles. The summed E-state index contributed by atoms with van der Waals surface area (Å²) in [6.07, 6.45) is 3.11. The Labute approximate surface area is 150 Å². The number of nitrogens with zero attached hydrogens (tertiary/aromatic N) is 1. The molecule has 0 saturated heterocycles. The van der Waals surface area contributed by atoms with Crippen LogP contribution in [0.25, 0.3) is 5.57 Å². The number of carbonyl (C=O) groups is 1. The van der Waals surface area contributed by atoms with Gasteiger partial charge in [-0.25, -0.2) is 9.18 Å². The highest BCUT2D eigenvalue weighted by molar-refractivity contribution is 6.09. The first kappa shape index (κ1) is 19.0. The minimum absolute atomic E-state index is 0.0851. The smallest absolute Gasteiger partial charge is 0.315 e. The maximum Gasteiger partial charge on any atom is 0.315 e. The number of nitrogens with one attached hydrogen (secondary N) is 4. The van der Waals surface area contributed by atoms with Crippen LogP contribution in [-0.4, -0.2) is 43.1 Å². The van der Waals surface area contributed by atoms with E-state index in [1.54, 1.807) is 19.3 Å². The predicted molar refractivity (Wildman–Crippen MR) is 101 cm³/mol. The van der Waals surface area contributed by atoms with E-state index in [1.165, 1.54) is 17.0 Å². The van der Waals surface area contributed by atoms with Crippen LogP contribution in [0.3, 0.4) is 0 Å². The molecule has 0 bridgehead atoms. The van der Waals surface area contributed by atoms with Gasteiger partial charge in [0.25, 0.3) is 0 Å². The summed E-state index contributed by atoms with van der Waals surface area (Å²) in [7, 11) is 1.69. The van der Waals surface area contributed by atoms with E-state index in [4.69, 9.17) is 22.3 Å². The molecule has 1 aromatic carbocycles. The van der Waals surface area contributed by atoms with Crippen molar-refractivity contribution in [3.05, 3.63) is 47.0 Å². The second-order valence-corrected chi connectivity index (χ2v) is 5.74. The first-order chi connectivity index (χ1) is 12.4. The summed E-state index contributed by atoms with van der Waals surface area (Å²) in [5, 5.41) is 21.0. The van der Waals surface area contributed by atoms with Crippen molar-refractivity contribution in [3.63, 3.8) is 0 Å². The fourth-order valence-electron chi connectivity index (χ4n) is 2.58. The molecule has 0 unspecified atom stereocenters. The predicted octanol–water partition coefficient (Wildman–Crippen LogP) is 1.42. The van der Waals surface area contributed by atoms with Gasteiger partial charge in [-0.05, 0) is 17.7 Å². The molecule has 0 atom stereocenters. The molecule has 8 nitrogen and oxygen atoms in total. The normalized spacial score (nSPS) is 14.8. The number of benzene rings is 1. The third-order valence-corrected chi connectivity index (χ3v) is 4.02. The van der Waals surface area contributed by atoms with Crippen molar-refractivity contribution in [2.45, 2.75) is 6.42 Å². The van der Waals surface area contributed by atoms with Crippen molar-refractivity contribution < 1.29 is 9.18 Å². The number of amides is 2.